The molecule has 0 aliphatic heterocycles. The highest BCUT2D eigenvalue weighted by Gasteiger charge is 2.10. The van der Waals surface area contributed by atoms with Gasteiger partial charge >= 0.3 is 0 Å². The van der Waals surface area contributed by atoms with Crippen LogP contribution in [0.25, 0.3) is 10.8 Å². The van der Waals surface area contributed by atoms with Crippen molar-refractivity contribution < 1.29 is 9.13 Å². The second-order valence-corrected chi connectivity index (χ2v) is 7.27. The molecule has 0 spiro atoms. The van der Waals surface area contributed by atoms with Crippen LogP contribution in [-0.4, -0.2) is 9.78 Å². The molecular formula is C22H18BrFN2O. The first kappa shape index (κ1) is 17.7. The van der Waals surface area contributed by atoms with Gasteiger partial charge in [0.05, 0.1) is 0 Å². The number of ether oxygens (including phenoxy) is 1. The largest absolute Gasteiger partial charge is 0.457 e. The Labute approximate surface area is 165 Å². The normalized spacial score (nSPS) is 11.1. The maximum atomic E-state index is 13.8. The Morgan fingerprint density at radius 1 is 1.00 bits per heavy atom. The van der Waals surface area contributed by atoms with Crippen molar-refractivity contribution in [2.45, 2.75) is 12.8 Å². The number of aryl methyl sites for hydroxylation is 3. The van der Waals surface area contributed by atoms with Gasteiger partial charge in [-0.1, -0.05) is 24.3 Å². The van der Waals surface area contributed by atoms with Gasteiger partial charge in [0.1, 0.15) is 21.9 Å². The highest BCUT2D eigenvalue weighted by atomic mass is 79.9. The maximum absolute atomic E-state index is 13.8. The van der Waals surface area contributed by atoms with E-state index in [0.717, 1.165) is 51.0 Å². The van der Waals surface area contributed by atoms with Gasteiger partial charge in [-0.3, -0.25) is 4.68 Å². The van der Waals surface area contributed by atoms with Gasteiger partial charge in [0, 0.05) is 18.1 Å². The molecule has 0 aliphatic rings. The van der Waals surface area contributed by atoms with E-state index < -0.39 is 0 Å². The molecule has 27 heavy (non-hydrogen) atoms. The lowest BCUT2D eigenvalue weighted by Gasteiger charge is -2.12. The highest BCUT2D eigenvalue weighted by molar-refractivity contribution is 9.10. The van der Waals surface area contributed by atoms with Gasteiger partial charge in [0.15, 0.2) is 0 Å². The van der Waals surface area contributed by atoms with Gasteiger partial charge < -0.3 is 4.74 Å². The molecule has 0 N–H and O–H groups in total. The summed E-state index contributed by atoms with van der Waals surface area (Å²) in [5, 5.41) is 6.05. The van der Waals surface area contributed by atoms with Crippen molar-refractivity contribution in [1.29, 1.82) is 0 Å². The molecule has 0 saturated heterocycles. The van der Waals surface area contributed by atoms with E-state index in [4.69, 9.17) is 4.74 Å². The Morgan fingerprint density at radius 3 is 2.56 bits per heavy atom. The van der Waals surface area contributed by atoms with E-state index in [9.17, 15) is 4.39 Å². The van der Waals surface area contributed by atoms with Crippen molar-refractivity contribution in [2.75, 3.05) is 0 Å². The second-order valence-electron chi connectivity index (χ2n) is 6.46. The van der Waals surface area contributed by atoms with Crippen LogP contribution in [0.3, 0.4) is 0 Å². The molecule has 4 aromatic rings. The summed E-state index contributed by atoms with van der Waals surface area (Å²) in [5.74, 6) is 1.25. The molecule has 4 rings (SSSR count). The summed E-state index contributed by atoms with van der Waals surface area (Å²) in [4.78, 5) is 0. The molecule has 0 radical (unpaired) electrons. The molecule has 0 saturated carbocycles. The molecule has 5 heteroatoms. The van der Waals surface area contributed by atoms with Crippen LogP contribution in [0, 0.1) is 5.82 Å². The number of hydrogen-bond donors (Lipinski definition) is 0. The van der Waals surface area contributed by atoms with Crippen LogP contribution in [0.5, 0.6) is 11.5 Å². The van der Waals surface area contributed by atoms with E-state index >= 15 is 0 Å². The molecule has 1 aromatic heterocycles. The number of benzene rings is 3. The summed E-state index contributed by atoms with van der Waals surface area (Å²) in [6.45, 7) is 0. The van der Waals surface area contributed by atoms with Crippen LogP contribution >= 0.6 is 15.9 Å². The SMILES string of the molecule is Cn1nc(Br)cc1CCc1cc(Oc2ccccc2)c2ccc(F)cc2c1. The number of para-hydroxylation sites is 1. The van der Waals surface area contributed by atoms with E-state index in [0.29, 0.717) is 0 Å². The molecule has 3 aromatic carbocycles. The van der Waals surface area contributed by atoms with Crippen LogP contribution < -0.4 is 4.74 Å². The third kappa shape index (κ3) is 4.03. The minimum Gasteiger partial charge on any atom is -0.457 e. The van der Waals surface area contributed by atoms with E-state index in [2.05, 4.69) is 21.0 Å². The Bertz CT molecular complexity index is 1090. The van der Waals surface area contributed by atoms with Crippen LogP contribution in [0.1, 0.15) is 11.3 Å². The van der Waals surface area contributed by atoms with E-state index in [-0.39, 0.29) is 5.82 Å². The predicted molar refractivity (Wildman–Crippen MR) is 109 cm³/mol. The van der Waals surface area contributed by atoms with Crippen LogP contribution in [0.4, 0.5) is 4.39 Å². The molecule has 0 bridgehead atoms. The predicted octanol–water partition coefficient (Wildman–Crippen LogP) is 6.05. The lowest BCUT2D eigenvalue weighted by atomic mass is 10.0. The summed E-state index contributed by atoms with van der Waals surface area (Å²) in [7, 11) is 1.93. The zero-order chi connectivity index (χ0) is 18.8. The number of aromatic nitrogens is 2. The molecule has 0 atom stereocenters. The summed E-state index contributed by atoms with van der Waals surface area (Å²) in [5.41, 5.74) is 2.23. The van der Waals surface area contributed by atoms with Crippen molar-refractivity contribution in [3.63, 3.8) is 0 Å². The van der Waals surface area contributed by atoms with Gasteiger partial charge in [0.2, 0.25) is 0 Å². The minimum absolute atomic E-state index is 0.249. The van der Waals surface area contributed by atoms with Gasteiger partial charge in [0.25, 0.3) is 0 Å². The average Bonchev–Trinajstić information content (AvgIpc) is 2.97. The molecule has 0 fully saturated rings. The van der Waals surface area contributed by atoms with E-state index in [1.807, 2.05) is 60.3 Å². The fraction of sp³-hybridized carbons (Fsp3) is 0.136. The van der Waals surface area contributed by atoms with Crippen molar-refractivity contribution in [3.8, 4) is 11.5 Å². The lowest BCUT2D eigenvalue weighted by molar-refractivity contribution is 0.487. The molecule has 0 unspecified atom stereocenters. The quantitative estimate of drug-likeness (QED) is 0.389. The maximum Gasteiger partial charge on any atom is 0.135 e. The molecular weight excluding hydrogens is 407 g/mol. The van der Waals surface area contributed by atoms with Crippen molar-refractivity contribution in [3.05, 3.63) is 88.4 Å². The van der Waals surface area contributed by atoms with Crippen LogP contribution in [-0.2, 0) is 19.9 Å². The van der Waals surface area contributed by atoms with Crippen LogP contribution in [0.2, 0.25) is 0 Å². The highest BCUT2D eigenvalue weighted by Crippen LogP contribution is 2.32. The Balaban J connectivity index is 1.69. The first-order valence-electron chi connectivity index (χ1n) is 8.72. The summed E-state index contributed by atoms with van der Waals surface area (Å²) < 4.78 is 22.6. The van der Waals surface area contributed by atoms with Gasteiger partial charge in [-0.25, -0.2) is 4.39 Å². The average molecular weight is 425 g/mol. The molecule has 3 nitrogen and oxygen atoms in total. The van der Waals surface area contributed by atoms with E-state index in [1.165, 1.54) is 6.07 Å². The number of fused-ring (bicyclic) bond motifs is 1. The first-order valence-corrected chi connectivity index (χ1v) is 9.51. The topological polar surface area (TPSA) is 27.1 Å². The zero-order valence-electron chi connectivity index (χ0n) is 14.8. The zero-order valence-corrected chi connectivity index (χ0v) is 16.4. The number of halogens is 2. The summed E-state index contributed by atoms with van der Waals surface area (Å²) in [6.07, 6.45) is 1.64. The minimum atomic E-state index is -0.249. The fourth-order valence-electron chi connectivity index (χ4n) is 3.18. The summed E-state index contributed by atoms with van der Waals surface area (Å²) in [6, 6.07) is 20.5. The van der Waals surface area contributed by atoms with Gasteiger partial charge in [-0.2, -0.15) is 5.10 Å². The van der Waals surface area contributed by atoms with Crippen molar-refractivity contribution in [1.82, 2.24) is 9.78 Å². The fourth-order valence-corrected chi connectivity index (χ4v) is 3.69. The van der Waals surface area contributed by atoms with Crippen LogP contribution in [0.15, 0.2) is 71.3 Å². The number of hydrogen-bond acceptors (Lipinski definition) is 2. The standard InChI is InChI=1S/C22H18BrFN2O/c1-26-18(14-22(23)25-26)9-7-15-11-16-13-17(24)8-10-20(16)21(12-15)27-19-5-3-2-4-6-19/h2-6,8,10-14H,7,9H2,1H3. The Hall–Kier alpha value is -2.66. The van der Waals surface area contributed by atoms with Crippen molar-refractivity contribution >= 4 is 26.7 Å². The molecule has 0 aliphatic carbocycles. The molecule has 0 amide bonds. The first-order chi connectivity index (χ1) is 13.1. The van der Waals surface area contributed by atoms with Gasteiger partial charge in [-0.15, -0.1) is 0 Å². The number of rotatable bonds is 5. The second kappa shape index (κ2) is 7.53. The lowest BCUT2D eigenvalue weighted by Crippen LogP contribution is -2.00. The Morgan fingerprint density at radius 2 is 1.81 bits per heavy atom. The van der Waals surface area contributed by atoms with E-state index in [1.54, 1.807) is 12.1 Å². The number of nitrogens with zero attached hydrogens (tertiary/aromatic N) is 2. The smallest absolute Gasteiger partial charge is 0.135 e. The van der Waals surface area contributed by atoms with Gasteiger partial charge in [-0.05, 0) is 82.2 Å². The molecule has 136 valence electrons. The third-order valence-electron chi connectivity index (χ3n) is 4.52. The third-order valence-corrected chi connectivity index (χ3v) is 4.91. The molecule has 1 heterocycles. The Kier molecular flexibility index (Phi) is 4.94. The van der Waals surface area contributed by atoms with Crippen molar-refractivity contribution in [2.24, 2.45) is 7.05 Å². The summed E-state index contributed by atoms with van der Waals surface area (Å²) >= 11 is 3.40. The monoisotopic (exact) mass is 424 g/mol.